The molecule has 0 saturated heterocycles. The van der Waals surface area contributed by atoms with Gasteiger partial charge in [-0.25, -0.2) is 0 Å². The fraction of sp³-hybridized carbons (Fsp3) is 0.429. The molecular formula is C14H18ClNOS. The number of rotatable bonds is 5. The molecule has 0 bridgehead atoms. The summed E-state index contributed by atoms with van der Waals surface area (Å²) in [6.07, 6.45) is 0. The molecule has 1 N–H and O–H groups in total. The topological polar surface area (TPSA) is 25.2 Å². The van der Waals surface area contributed by atoms with Crippen LogP contribution in [0.1, 0.15) is 25.6 Å². The number of halogens is 1. The zero-order valence-corrected chi connectivity index (χ0v) is 12.4. The highest BCUT2D eigenvalue weighted by atomic mass is 35.5. The molecule has 0 amide bonds. The van der Waals surface area contributed by atoms with Crippen molar-refractivity contribution < 1.29 is 4.42 Å². The van der Waals surface area contributed by atoms with E-state index in [0.717, 1.165) is 27.5 Å². The molecule has 2 nitrogen and oxygen atoms in total. The maximum atomic E-state index is 5.98. The summed E-state index contributed by atoms with van der Waals surface area (Å²) in [5, 5.41) is 5.73. The Balaban J connectivity index is 2.22. The van der Waals surface area contributed by atoms with Crippen molar-refractivity contribution in [3.63, 3.8) is 0 Å². The first kappa shape index (κ1) is 13.8. The molecule has 1 aromatic heterocycles. The van der Waals surface area contributed by atoms with E-state index < -0.39 is 0 Å². The van der Waals surface area contributed by atoms with Crippen LogP contribution in [0.2, 0.25) is 5.02 Å². The molecule has 0 aliphatic heterocycles. The van der Waals surface area contributed by atoms with Gasteiger partial charge in [0.1, 0.15) is 11.3 Å². The van der Waals surface area contributed by atoms with Crippen LogP contribution in [0.15, 0.2) is 28.7 Å². The van der Waals surface area contributed by atoms with Crippen molar-refractivity contribution in [2.24, 2.45) is 0 Å². The van der Waals surface area contributed by atoms with Gasteiger partial charge in [0.15, 0.2) is 0 Å². The Hall–Kier alpha value is -0.640. The maximum absolute atomic E-state index is 5.98. The molecule has 0 aliphatic carbocycles. The van der Waals surface area contributed by atoms with Crippen LogP contribution >= 0.6 is 23.4 Å². The highest BCUT2D eigenvalue weighted by Gasteiger charge is 2.15. The number of benzene rings is 1. The van der Waals surface area contributed by atoms with Crippen LogP contribution in [0.25, 0.3) is 11.0 Å². The lowest BCUT2D eigenvalue weighted by molar-refractivity contribution is 0.479. The molecule has 2 aromatic rings. The predicted molar refractivity (Wildman–Crippen MR) is 80.6 cm³/mol. The third-order valence-corrected chi connectivity index (χ3v) is 4.21. The molecule has 1 unspecified atom stereocenters. The van der Waals surface area contributed by atoms with E-state index in [1.165, 1.54) is 0 Å². The van der Waals surface area contributed by atoms with E-state index in [0.29, 0.717) is 5.25 Å². The van der Waals surface area contributed by atoms with Crippen LogP contribution in [-0.4, -0.2) is 18.1 Å². The van der Waals surface area contributed by atoms with Gasteiger partial charge in [0, 0.05) is 16.2 Å². The highest BCUT2D eigenvalue weighted by molar-refractivity contribution is 7.99. The number of nitrogens with one attached hydrogen (secondary N) is 1. The van der Waals surface area contributed by atoms with E-state index in [1.54, 1.807) is 0 Å². The summed E-state index contributed by atoms with van der Waals surface area (Å²) in [4.78, 5) is 0. The lowest BCUT2D eigenvalue weighted by Crippen LogP contribution is -2.18. The predicted octanol–water partition coefficient (Wildman–Crippen LogP) is 4.49. The molecular weight excluding hydrogens is 266 g/mol. The number of furan rings is 1. The van der Waals surface area contributed by atoms with Gasteiger partial charge in [-0.3, -0.25) is 0 Å². The summed E-state index contributed by atoms with van der Waals surface area (Å²) in [5.41, 5.74) is 0.893. The van der Waals surface area contributed by atoms with Crippen molar-refractivity contribution in [3.05, 3.63) is 35.0 Å². The van der Waals surface area contributed by atoms with Gasteiger partial charge in [0.2, 0.25) is 0 Å². The van der Waals surface area contributed by atoms with Crippen LogP contribution in [-0.2, 0) is 0 Å². The van der Waals surface area contributed by atoms with Gasteiger partial charge in [0.25, 0.3) is 0 Å². The first-order valence-electron chi connectivity index (χ1n) is 6.08. The quantitative estimate of drug-likeness (QED) is 0.875. The Labute approximate surface area is 117 Å². The second kappa shape index (κ2) is 6.00. The number of hydrogen-bond acceptors (Lipinski definition) is 3. The number of hydrogen-bond donors (Lipinski definition) is 1. The molecule has 0 radical (unpaired) electrons. The fourth-order valence-electron chi connectivity index (χ4n) is 1.80. The Bertz CT molecular complexity index is 523. The van der Waals surface area contributed by atoms with E-state index in [4.69, 9.17) is 16.0 Å². The zero-order valence-electron chi connectivity index (χ0n) is 10.9. The molecule has 1 aromatic carbocycles. The lowest BCUT2D eigenvalue weighted by Gasteiger charge is -2.14. The van der Waals surface area contributed by atoms with Crippen LogP contribution < -0.4 is 5.32 Å². The molecule has 0 fully saturated rings. The summed E-state index contributed by atoms with van der Waals surface area (Å²) in [6.45, 7) is 4.41. The van der Waals surface area contributed by atoms with E-state index in [1.807, 2.05) is 37.0 Å². The van der Waals surface area contributed by atoms with Gasteiger partial charge >= 0.3 is 0 Å². The van der Waals surface area contributed by atoms with Crippen LogP contribution in [0.3, 0.4) is 0 Å². The zero-order chi connectivity index (χ0) is 13.1. The molecule has 1 atom stereocenters. The van der Waals surface area contributed by atoms with Crippen molar-refractivity contribution in [3.8, 4) is 0 Å². The smallest absolute Gasteiger partial charge is 0.134 e. The molecule has 0 aliphatic rings. The SMILES string of the molecule is CNC(CSC(C)C)c1cc2cc(Cl)ccc2o1. The van der Waals surface area contributed by atoms with Crippen LogP contribution in [0, 0.1) is 0 Å². The fourth-order valence-corrected chi connectivity index (χ4v) is 2.89. The maximum Gasteiger partial charge on any atom is 0.134 e. The van der Waals surface area contributed by atoms with Crippen molar-refractivity contribution in [2.75, 3.05) is 12.8 Å². The highest BCUT2D eigenvalue weighted by Crippen LogP contribution is 2.28. The van der Waals surface area contributed by atoms with Gasteiger partial charge in [0.05, 0.1) is 6.04 Å². The summed E-state index contributed by atoms with van der Waals surface area (Å²) in [7, 11) is 1.96. The lowest BCUT2D eigenvalue weighted by atomic mass is 10.2. The molecule has 2 rings (SSSR count). The minimum Gasteiger partial charge on any atom is -0.459 e. The van der Waals surface area contributed by atoms with Gasteiger partial charge in [-0.15, -0.1) is 0 Å². The Morgan fingerprint density at radius 2 is 2.11 bits per heavy atom. The molecule has 0 saturated carbocycles. The first-order chi connectivity index (χ1) is 8.60. The van der Waals surface area contributed by atoms with Crippen molar-refractivity contribution in [1.82, 2.24) is 5.32 Å². The number of fused-ring (bicyclic) bond motifs is 1. The first-order valence-corrected chi connectivity index (χ1v) is 7.50. The second-order valence-electron chi connectivity index (χ2n) is 4.55. The standard InChI is InChI=1S/C14H18ClNOS/c1-9(2)18-8-12(16-3)14-7-10-6-11(15)4-5-13(10)17-14/h4-7,9,12,16H,8H2,1-3H3. The average Bonchev–Trinajstić information content (AvgIpc) is 2.72. The average molecular weight is 284 g/mol. The van der Waals surface area contributed by atoms with Crippen LogP contribution in [0.5, 0.6) is 0 Å². The van der Waals surface area contributed by atoms with Crippen molar-refractivity contribution in [2.45, 2.75) is 25.1 Å². The van der Waals surface area contributed by atoms with Gasteiger partial charge in [-0.05, 0) is 36.6 Å². The monoisotopic (exact) mass is 283 g/mol. The van der Waals surface area contributed by atoms with E-state index in [-0.39, 0.29) is 6.04 Å². The van der Waals surface area contributed by atoms with E-state index >= 15 is 0 Å². The van der Waals surface area contributed by atoms with Crippen molar-refractivity contribution >= 4 is 34.3 Å². The summed E-state index contributed by atoms with van der Waals surface area (Å²) in [6, 6.07) is 8.02. The van der Waals surface area contributed by atoms with E-state index in [9.17, 15) is 0 Å². The summed E-state index contributed by atoms with van der Waals surface area (Å²) < 4.78 is 5.87. The molecule has 0 spiro atoms. The van der Waals surface area contributed by atoms with Gasteiger partial charge < -0.3 is 9.73 Å². The molecule has 4 heteroatoms. The third kappa shape index (κ3) is 3.22. The third-order valence-electron chi connectivity index (χ3n) is 2.79. The minimum atomic E-state index is 0.239. The van der Waals surface area contributed by atoms with Crippen LogP contribution in [0.4, 0.5) is 0 Å². The normalized spacial score (nSPS) is 13.4. The number of thioether (sulfide) groups is 1. The minimum absolute atomic E-state index is 0.239. The summed E-state index contributed by atoms with van der Waals surface area (Å²) >= 11 is 7.91. The Morgan fingerprint density at radius 3 is 2.78 bits per heavy atom. The Kier molecular flexibility index (Phi) is 4.60. The Morgan fingerprint density at radius 1 is 1.33 bits per heavy atom. The molecule has 1 heterocycles. The van der Waals surface area contributed by atoms with E-state index in [2.05, 4.69) is 25.2 Å². The molecule has 18 heavy (non-hydrogen) atoms. The largest absolute Gasteiger partial charge is 0.459 e. The second-order valence-corrected chi connectivity index (χ2v) is 6.60. The molecule has 98 valence electrons. The van der Waals surface area contributed by atoms with Gasteiger partial charge in [-0.1, -0.05) is 25.4 Å². The van der Waals surface area contributed by atoms with Gasteiger partial charge in [-0.2, -0.15) is 11.8 Å². The van der Waals surface area contributed by atoms with Crippen molar-refractivity contribution in [1.29, 1.82) is 0 Å². The summed E-state index contributed by atoms with van der Waals surface area (Å²) in [5.74, 6) is 1.98.